The van der Waals surface area contributed by atoms with E-state index in [9.17, 15) is 0 Å². The fraction of sp³-hybridized carbons (Fsp3) is 0.455. The lowest BCUT2D eigenvalue weighted by Crippen LogP contribution is -2.43. The van der Waals surface area contributed by atoms with Gasteiger partial charge < -0.3 is 10.1 Å². The van der Waals surface area contributed by atoms with Crippen molar-refractivity contribution in [1.82, 2.24) is 5.32 Å². The van der Waals surface area contributed by atoms with Crippen LogP contribution >= 0.6 is 0 Å². The average Bonchev–Trinajstić information content (AvgIpc) is 2.68. The van der Waals surface area contributed by atoms with Crippen molar-refractivity contribution in [3.8, 4) is 0 Å². The third kappa shape index (κ3) is 1.06. The van der Waals surface area contributed by atoms with E-state index < -0.39 is 0 Å². The van der Waals surface area contributed by atoms with Gasteiger partial charge in [0.05, 0.1) is 6.61 Å². The van der Waals surface area contributed by atoms with E-state index in [1.807, 2.05) is 0 Å². The van der Waals surface area contributed by atoms with Crippen LogP contribution < -0.4 is 10.6 Å². The number of fused-ring (bicyclic) bond motifs is 2. The summed E-state index contributed by atoms with van der Waals surface area (Å²) in [6.07, 6.45) is 1.00. The molecule has 3 nitrogen and oxygen atoms in total. The van der Waals surface area contributed by atoms with Gasteiger partial charge in [-0.3, -0.25) is 5.32 Å². The number of ether oxygens (including phenoxy) is 1. The van der Waals surface area contributed by atoms with Crippen molar-refractivity contribution in [3.05, 3.63) is 29.8 Å². The molecule has 2 aliphatic heterocycles. The van der Waals surface area contributed by atoms with Crippen LogP contribution in [-0.2, 0) is 10.5 Å². The second-order valence-electron chi connectivity index (χ2n) is 3.82. The molecule has 1 saturated heterocycles. The number of hydrogen-bond acceptors (Lipinski definition) is 3. The lowest BCUT2D eigenvalue weighted by molar-refractivity contribution is -0.0210. The first kappa shape index (κ1) is 8.26. The number of para-hydroxylation sites is 1. The molecule has 0 amide bonds. The first-order valence-corrected chi connectivity index (χ1v) is 5.13. The lowest BCUT2D eigenvalue weighted by atomic mass is 9.94. The molecule has 0 aromatic heterocycles. The second kappa shape index (κ2) is 2.97. The van der Waals surface area contributed by atoms with Crippen LogP contribution in [0.2, 0.25) is 0 Å². The lowest BCUT2D eigenvalue weighted by Gasteiger charge is -2.35. The second-order valence-corrected chi connectivity index (χ2v) is 3.82. The van der Waals surface area contributed by atoms with E-state index in [2.05, 4.69) is 34.9 Å². The third-order valence-electron chi connectivity index (χ3n) is 3.02. The van der Waals surface area contributed by atoms with Gasteiger partial charge in [-0.25, -0.2) is 0 Å². The van der Waals surface area contributed by atoms with Gasteiger partial charge in [0.1, 0.15) is 5.72 Å². The molecule has 0 saturated carbocycles. The molecule has 2 heterocycles. The van der Waals surface area contributed by atoms with E-state index in [4.69, 9.17) is 4.74 Å². The first-order valence-electron chi connectivity index (χ1n) is 5.13. The average molecular weight is 190 g/mol. The van der Waals surface area contributed by atoms with E-state index in [-0.39, 0.29) is 5.72 Å². The highest BCUT2D eigenvalue weighted by Gasteiger charge is 2.39. The van der Waals surface area contributed by atoms with E-state index in [0.717, 1.165) is 26.1 Å². The van der Waals surface area contributed by atoms with Gasteiger partial charge in [-0.1, -0.05) is 18.2 Å². The summed E-state index contributed by atoms with van der Waals surface area (Å²) in [7, 11) is 0. The number of hydrogen-bond donors (Lipinski definition) is 2. The molecule has 0 aliphatic carbocycles. The van der Waals surface area contributed by atoms with Crippen molar-refractivity contribution in [2.24, 2.45) is 0 Å². The summed E-state index contributed by atoms with van der Waals surface area (Å²) in [6.45, 7) is 2.74. The summed E-state index contributed by atoms with van der Waals surface area (Å²) in [4.78, 5) is 0. The summed E-state index contributed by atoms with van der Waals surface area (Å²) in [6, 6.07) is 8.37. The maximum atomic E-state index is 5.86. The topological polar surface area (TPSA) is 33.3 Å². The van der Waals surface area contributed by atoms with E-state index >= 15 is 0 Å². The molecule has 3 rings (SSSR count). The van der Waals surface area contributed by atoms with Crippen LogP contribution in [0.3, 0.4) is 0 Å². The summed E-state index contributed by atoms with van der Waals surface area (Å²) < 4.78 is 5.86. The maximum Gasteiger partial charge on any atom is 0.149 e. The number of rotatable bonds is 0. The number of nitrogens with one attached hydrogen (secondary N) is 2. The molecule has 1 fully saturated rings. The van der Waals surface area contributed by atoms with E-state index in [1.54, 1.807) is 0 Å². The van der Waals surface area contributed by atoms with Gasteiger partial charge in [0.25, 0.3) is 0 Å². The number of benzene rings is 1. The fourth-order valence-corrected chi connectivity index (χ4v) is 2.36. The highest BCUT2D eigenvalue weighted by Crippen LogP contribution is 2.37. The van der Waals surface area contributed by atoms with Crippen molar-refractivity contribution >= 4 is 5.69 Å². The molecule has 0 radical (unpaired) electrons. The molecule has 2 aliphatic rings. The van der Waals surface area contributed by atoms with Gasteiger partial charge >= 0.3 is 0 Å². The van der Waals surface area contributed by atoms with Crippen molar-refractivity contribution in [3.63, 3.8) is 0 Å². The Morgan fingerprint density at radius 1 is 1.21 bits per heavy atom. The highest BCUT2D eigenvalue weighted by atomic mass is 16.5. The Kier molecular flexibility index (Phi) is 1.75. The Bertz CT molecular complexity index is 345. The van der Waals surface area contributed by atoms with Gasteiger partial charge in [-0.05, 0) is 6.07 Å². The fourth-order valence-electron chi connectivity index (χ4n) is 2.36. The predicted molar refractivity (Wildman–Crippen MR) is 55.2 cm³/mol. The van der Waals surface area contributed by atoms with Crippen LogP contribution in [0, 0.1) is 0 Å². The molecule has 3 heteroatoms. The first-order chi connectivity index (χ1) is 6.91. The standard InChI is InChI=1S/C11H14N2O/c1-2-4-10-9(3-1)11(5-6-12-10)13-7-8-14-11/h1-4,12-13H,5-8H2. The molecule has 0 bridgehead atoms. The number of anilines is 1. The summed E-state index contributed by atoms with van der Waals surface area (Å²) >= 11 is 0. The molecule has 1 aromatic rings. The normalized spacial score (nSPS) is 30.0. The van der Waals surface area contributed by atoms with E-state index in [1.165, 1.54) is 11.3 Å². The van der Waals surface area contributed by atoms with Gasteiger partial charge in [0.15, 0.2) is 0 Å². The molecule has 1 unspecified atom stereocenters. The molecule has 2 N–H and O–H groups in total. The third-order valence-corrected chi connectivity index (χ3v) is 3.02. The van der Waals surface area contributed by atoms with Gasteiger partial charge in [0.2, 0.25) is 0 Å². The Hall–Kier alpha value is -1.06. The molecule has 1 atom stereocenters. The van der Waals surface area contributed by atoms with Crippen molar-refractivity contribution in [2.45, 2.75) is 12.1 Å². The van der Waals surface area contributed by atoms with E-state index in [0.29, 0.717) is 0 Å². The Labute approximate surface area is 83.5 Å². The molecule has 1 aromatic carbocycles. The zero-order valence-electron chi connectivity index (χ0n) is 8.05. The maximum absolute atomic E-state index is 5.86. The Morgan fingerprint density at radius 3 is 3.00 bits per heavy atom. The minimum Gasteiger partial charge on any atom is -0.385 e. The highest BCUT2D eigenvalue weighted by molar-refractivity contribution is 5.55. The summed E-state index contributed by atoms with van der Waals surface area (Å²) in [5.41, 5.74) is 2.25. The minimum absolute atomic E-state index is 0.207. The predicted octanol–water partition coefficient (Wildman–Crippen LogP) is 1.27. The van der Waals surface area contributed by atoms with Crippen LogP contribution in [0.1, 0.15) is 12.0 Å². The monoisotopic (exact) mass is 190 g/mol. The quantitative estimate of drug-likeness (QED) is 0.646. The van der Waals surface area contributed by atoms with Gasteiger partial charge in [-0.2, -0.15) is 0 Å². The summed E-state index contributed by atoms with van der Waals surface area (Å²) in [5, 5.41) is 6.86. The zero-order chi connectivity index (χ0) is 9.43. The molecular weight excluding hydrogens is 176 g/mol. The smallest absolute Gasteiger partial charge is 0.149 e. The van der Waals surface area contributed by atoms with Crippen molar-refractivity contribution in [2.75, 3.05) is 25.0 Å². The van der Waals surface area contributed by atoms with Gasteiger partial charge in [0, 0.05) is 30.8 Å². The van der Waals surface area contributed by atoms with Crippen molar-refractivity contribution in [1.29, 1.82) is 0 Å². The van der Waals surface area contributed by atoms with Crippen LogP contribution in [0.15, 0.2) is 24.3 Å². The van der Waals surface area contributed by atoms with Crippen LogP contribution in [0.4, 0.5) is 5.69 Å². The SMILES string of the molecule is c1ccc2c(c1)NCCC21NCCO1. The van der Waals surface area contributed by atoms with Crippen LogP contribution in [0.5, 0.6) is 0 Å². The minimum atomic E-state index is -0.207. The summed E-state index contributed by atoms with van der Waals surface area (Å²) in [5.74, 6) is 0. The Balaban J connectivity index is 2.10. The molecule has 14 heavy (non-hydrogen) atoms. The largest absolute Gasteiger partial charge is 0.385 e. The zero-order valence-corrected chi connectivity index (χ0v) is 8.05. The molecule has 1 spiro atoms. The van der Waals surface area contributed by atoms with Gasteiger partial charge in [-0.15, -0.1) is 0 Å². The Morgan fingerprint density at radius 2 is 2.14 bits per heavy atom. The molecular formula is C11H14N2O. The molecule has 74 valence electrons. The van der Waals surface area contributed by atoms with Crippen LogP contribution in [0.25, 0.3) is 0 Å². The van der Waals surface area contributed by atoms with Crippen LogP contribution in [-0.4, -0.2) is 19.7 Å². The van der Waals surface area contributed by atoms with Crippen molar-refractivity contribution < 1.29 is 4.74 Å².